The van der Waals surface area contributed by atoms with Gasteiger partial charge in [0.15, 0.2) is 0 Å². The maximum atomic E-state index is 13.2. The van der Waals surface area contributed by atoms with Crippen molar-refractivity contribution in [1.82, 2.24) is 5.32 Å². The number of nitrogens with one attached hydrogen (secondary N) is 1. The number of benzene rings is 1. The van der Waals surface area contributed by atoms with E-state index in [1.54, 1.807) is 19.1 Å². The number of carboxylic acids is 1. The molecule has 0 saturated carbocycles. The van der Waals surface area contributed by atoms with Crippen LogP contribution in [0, 0.1) is 5.82 Å². The van der Waals surface area contributed by atoms with Crippen molar-refractivity contribution in [3.8, 4) is 0 Å². The first kappa shape index (κ1) is 16.1. The van der Waals surface area contributed by atoms with E-state index in [1.165, 1.54) is 6.07 Å². The lowest BCUT2D eigenvalue weighted by atomic mass is 9.94. The highest BCUT2D eigenvalue weighted by atomic mass is 79.9. The number of aliphatic carboxylic acids is 1. The van der Waals surface area contributed by atoms with Crippen molar-refractivity contribution in [2.75, 3.05) is 0 Å². The molecule has 0 saturated heterocycles. The van der Waals surface area contributed by atoms with E-state index < -0.39 is 11.5 Å². The monoisotopic (exact) mass is 331 g/mol. The van der Waals surface area contributed by atoms with Crippen LogP contribution >= 0.6 is 15.9 Å². The highest BCUT2D eigenvalue weighted by Crippen LogP contribution is 2.24. The molecule has 0 amide bonds. The molecule has 0 aliphatic carbocycles. The first-order valence-corrected chi connectivity index (χ1v) is 7.05. The van der Waals surface area contributed by atoms with Crippen LogP contribution in [-0.2, 0) is 4.79 Å². The van der Waals surface area contributed by atoms with Gasteiger partial charge in [0, 0.05) is 6.04 Å². The zero-order valence-corrected chi connectivity index (χ0v) is 12.9. The minimum atomic E-state index is -0.977. The highest BCUT2D eigenvalue weighted by molar-refractivity contribution is 9.10. The van der Waals surface area contributed by atoms with Crippen molar-refractivity contribution >= 4 is 21.9 Å². The number of halogens is 2. The van der Waals surface area contributed by atoms with E-state index in [-0.39, 0.29) is 11.9 Å². The molecule has 2 N–H and O–H groups in total. The third-order valence-corrected chi connectivity index (χ3v) is 3.81. The van der Waals surface area contributed by atoms with Crippen LogP contribution in [-0.4, -0.2) is 16.6 Å². The fourth-order valence-corrected chi connectivity index (χ4v) is 2.48. The Bertz CT molecular complexity index is 467. The van der Waals surface area contributed by atoms with Gasteiger partial charge in [0.2, 0.25) is 0 Å². The van der Waals surface area contributed by atoms with Gasteiger partial charge in [0.25, 0.3) is 0 Å². The molecule has 1 rings (SSSR count). The predicted octanol–water partition coefficient (Wildman–Crippen LogP) is 3.88. The normalized spacial score (nSPS) is 15.8. The molecule has 0 aliphatic rings. The van der Waals surface area contributed by atoms with Crippen molar-refractivity contribution in [2.24, 2.45) is 0 Å². The lowest BCUT2D eigenvalue weighted by molar-refractivity contribution is -0.144. The maximum Gasteiger partial charge on any atom is 0.323 e. The molecule has 106 valence electrons. The zero-order valence-electron chi connectivity index (χ0n) is 11.3. The van der Waals surface area contributed by atoms with Crippen LogP contribution in [0.5, 0.6) is 0 Å². The van der Waals surface area contributed by atoms with Crippen LogP contribution in [0.1, 0.15) is 45.2 Å². The Morgan fingerprint density at radius 2 is 2.21 bits per heavy atom. The van der Waals surface area contributed by atoms with Crippen molar-refractivity contribution in [3.05, 3.63) is 34.1 Å². The lowest BCUT2D eigenvalue weighted by Gasteiger charge is -2.30. The van der Waals surface area contributed by atoms with Crippen LogP contribution in [0.15, 0.2) is 22.7 Å². The fourth-order valence-electron chi connectivity index (χ4n) is 2.08. The summed E-state index contributed by atoms with van der Waals surface area (Å²) in [5, 5.41) is 12.4. The molecule has 2 unspecified atom stereocenters. The molecule has 0 spiro atoms. The van der Waals surface area contributed by atoms with Crippen LogP contribution in [0.3, 0.4) is 0 Å². The summed E-state index contributed by atoms with van der Waals surface area (Å²) in [5.41, 5.74) is -0.133. The summed E-state index contributed by atoms with van der Waals surface area (Å²) in [6, 6.07) is 4.52. The van der Waals surface area contributed by atoms with E-state index in [1.807, 2.05) is 13.8 Å². The molecule has 5 heteroatoms. The van der Waals surface area contributed by atoms with Crippen molar-refractivity contribution in [2.45, 2.75) is 45.2 Å². The molecule has 0 fully saturated rings. The Labute approximate surface area is 121 Å². The minimum absolute atomic E-state index is 0.176. The first-order chi connectivity index (χ1) is 8.80. The smallest absolute Gasteiger partial charge is 0.323 e. The van der Waals surface area contributed by atoms with Gasteiger partial charge in [-0.25, -0.2) is 4.39 Å². The molecular weight excluding hydrogens is 313 g/mol. The molecule has 19 heavy (non-hydrogen) atoms. The summed E-state index contributed by atoms with van der Waals surface area (Å²) in [4.78, 5) is 11.4. The van der Waals surface area contributed by atoms with Crippen molar-refractivity contribution in [1.29, 1.82) is 0 Å². The molecule has 2 atom stereocenters. The van der Waals surface area contributed by atoms with E-state index in [0.717, 1.165) is 12.0 Å². The molecule has 0 bridgehead atoms. The van der Waals surface area contributed by atoms with Crippen molar-refractivity contribution < 1.29 is 14.3 Å². The zero-order chi connectivity index (χ0) is 14.6. The number of rotatable bonds is 6. The quantitative estimate of drug-likeness (QED) is 0.831. The standard InChI is InChI=1S/C14H19BrFNO2/c1-4-7-14(3,13(18)19)17-9(2)10-5-6-12(16)11(15)8-10/h5-6,8-9,17H,4,7H2,1-3H3,(H,18,19). The van der Waals surface area contributed by atoms with Gasteiger partial charge >= 0.3 is 5.97 Å². The van der Waals surface area contributed by atoms with Crippen LogP contribution in [0.25, 0.3) is 0 Å². The highest BCUT2D eigenvalue weighted by Gasteiger charge is 2.33. The number of carbonyl (C=O) groups is 1. The Morgan fingerprint density at radius 1 is 1.58 bits per heavy atom. The molecule has 0 aromatic heterocycles. The van der Waals surface area contributed by atoms with E-state index in [2.05, 4.69) is 21.2 Å². The third-order valence-electron chi connectivity index (χ3n) is 3.20. The molecule has 3 nitrogen and oxygen atoms in total. The molecular formula is C14H19BrFNO2. The van der Waals surface area contributed by atoms with Crippen molar-refractivity contribution in [3.63, 3.8) is 0 Å². The summed E-state index contributed by atoms with van der Waals surface area (Å²) < 4.78 is 13.6. The third kappa shape index (κ3) is 4.01. The van der Waals surface area contributed by atoms with Gasteiger partial charge in [0.1, 0.15) is 11.4 Å². The molecule has 0 radical (unpaired) electrons. The van der Waals surface area contributed by atoms with E-state index >= 15 is 0 Å². The van der Waals surface area contributed by atoms with Gasteiger partial charge in [-0.3, -0.25) is 10.1 Å². The van der Waals surface area contributed by atoms with Gasteiger partial charge in [0.05, 0.1) is 4.47 Å². The van der Waals surface area contributed by atoms with Gasteiger partial charge < -0.3 is 5.11 Å². The average Bonchev–Trinajstić information content (AvgIpc) is 2.32. The number of hydrogen-bond donors (Lipinski definition) is 2. The largest absolute Gasteiger partial charge is 0.480 e. The summed E-state index contributed by atoms with van der Waals surface area (Å²) in [7, 11) is 0. The molecule has 0 aliphatic heterocycles. The molecule has 0 heterocycles. The summed E-state index contributed by atoms with van der Waals surface area (Å²) >= 11 is 3.13. The second-order valence-corrected chi connectivity index (χ2v) is 5.78. The second-order valence-electron chi connectivity index (χ2n) is 4.93. The predicted molar refractivity (Wildman–Crippen MR) is 76.6 cm³/mol. The summed E-state index contributed by atoms with van der Waals surface area (Å²) in [6.07, 6.45) is 1.31. The number of carboxylic acid groups (broad SMARTS) is 1. The van der Waals surface area contributed by atoms with E-state index in [4.69, 9.17) is 0 Å². The topological polar surface area (TPSA) is 49.3 Å². The average molecular weight is 332 g/mol. The minimum Gasteiger partial charge on any atom is -0.480 e. The molecule has 1 aromatic carbocycles. The van der Waals surface area contributed by atoms with Crippen LogP contribution < -0.4 is 5.32 Å². The summed E-state index contributed by atoms with van der Waals surface area (Å²) in [5.74, 6) is -1.20. The van der Waals surface area contributed by atoms with Crippen LogP contribution in [0.2, 0.25) is 0 Å². The Kier molecular flexibility index (Phi) is 5.50. The van der Waals surface area contributed by atoms with Gasteiger partial charge in [-0.2, -0.15) is 0 Å². The SMILES string of the molecule is CCCC(C)(NC(C)c1ccc(F)c(Br)c1)C(=O)O. The maximum absolute atomic E-state index is 13.2. The van der Waals surface area contributed by atoms with Gasteiger partial charge in [-0.15, -0.1) is 0 Å². The number of hydrogen-bond acceptors (Lipinski definition) is 2. The fraction of sp³-hybridized carbons (Fsp3) is 0.500. The van der Waals surface area contributed by atoms with Gasteiger partial charge in [-0.05, 0) is 53.9 Å². The Hall–Kier alpha value is -0.940. The van der Waals surface area contributed by atoms with E-state index in [9.17, 15) is 14.3 Å². The molecule has 1 aromatic rings. The van der Waals surface area contributed by atoms with E-state index in [0.29, 0.717) is 10.9 Å². The first-order valence-electron chi connectivity index (χ1n) is 6.26. The van der Waals surface area contributed by atoms with Crippen LogP contribution in [0.4, 0.5) is 4.39 Å². The second kappa shape index (κ2) is 6.48. The Balaban J connectivity index is 2.90. The van der Waals surface area contributed by atoms with Gasteiger partial charge in [-0.1, -0.05) is 19.4 Å². The lowest BCUT2D eigenvalue weighted by Crippen LogP contribution is -2.50. The summed E-state index contributed by atoms with van der Waals surface area (Å²) in [6.45, 7) is 5.49. The Morgan fingerprint density at radius 3 is 2.68 bits per heavy atom.